The van der Waals surface area contributed by atoms with Crippen molar-refractivity contribution in [3.63, 3.8) is 0 Å². The molecule has 106 valence electrons. The minimum atomic E-state index is 0. The molecule has 3 N–H and O–H groups in total. The van der Waals surface area contributed by atoms with Crippen molar-refractivity contribution < 1.29 is 4.79 Å². The van der Waals surface area contributed by atoms with Gasteiger partial charge in [0.25, 0.3) is 0 Å². The van der Waals surface area contributed by atoms with Gasteiger partial charge in [0, 0.05) is 26.2 Å². The van der Waals surface area contributed by atoms with Crippen LogP contribution in [-0.4, -0.2) is 43.5 Å². The van der Waals surface area contributed by atoms with Crippen LogP contribution in [0.2, 0.25) is 0 Å². The first-order valence-corrected chi connectivity index (χ1v) is 6.91. The molecule has 0 aromatic carbocycles. The molecule has 18 heavy (non-hydrogen) atoms. The Morgan fingerprint density at radius 2 is 2.22 bits per heavy atom. The van der Waals surface area contributed by atoms with Gasteiger partial charge in [0.05, 0.1) is 5.92 Å². The summed E-state index contributed by atoms with van der Waals surface area (Å²) in [6, 6.07) is 0. The minimum absolute atomic E-state index is 0. The summed E-state index contributed by atoms with van der Waals surface area (Å²) in [7, 11) is 0. The second-order valence-electron chi connectivity index (χ2n) is 5.65. The highest BCUT2D eigenvalue weighted by atomic mass is 35.5. The smallest absolute Gasteiger partial charge is 0.224 e. The zero-order valence-corrected chi connectivity index (χ0v) is 12.0. The van der Waals surface area contributed by atoms with Crippen LogP contribution in [0.15, 0.2) is 0 Å². The monoisotopic (exact) mass is 275 g/mol. The predicted molar refractivity (Wildman–Crippen MR) is 75.7 cm³/mol. The van der Waals surface area contributed by atoms with E-state index in [1.54, 1.807) is 0 Å². The van der Waals surface area contributed by atoms with E-state index in [1.807, 2.05) is 0 Å². The number of likely N-dealkylation sites (tertiary alicyclic amines) is 1. The SMILES string of the molecule is CC1CC1CN1CCCC(C(=O)NCCN)C1.Cl. The van der Waals surface area contributed by atoms with Gasteiger partial charge in [-0.3, -0.25) is 4.79 Å². The van der Waals surface area contributed by atoms with Gasteiger partial charge in [0.1, 0.15) is 0 Å². The first-order chi connectivity index (χ1) is 8.20. The van der Waals surface area contributed by atoms with E-state index in [-0.39, 0.29) is 24.2 Å². The Morgan fingerprint density at radius 1 is 1.50 bits per heavy atom. The summed E-state index contributed by atoms with van der Waals surface area (Å²) in [5.74, 6) is 2.18. The van der Waals surface area contributed by atoms with Gasteiger partial charge < -0.3 is 16.0 Å². The molecule has 3 atom stereocenters. The molecule has 1 aliphatic carbocycles. The Kier molecular flexibility index (Phi) is 6.39. The van der Waals surface area contributed by atoms with E-state index in [0.29, 0.717) is 13.1 Å². The van der Waals surface area contributed by atoms with Crippen molar-refractivity contribution in [2.45, 2.75) is 26.2 Å². The van der Waals surface area contributed by atoms with E-state index in [0.717, 1.165) is 31.2 Å². The molecule has 2 aliphatic rings. The lowest BCUT2D eigenvalue weighted by molar-refractivity contribution is -0.126. The normalized spacial score (nSPS) is 31.6. The van der Waals surface area contributed by atoms with E-state index in [9.17, 15) is 4.79 Å². The molecule has 2 fully saturated rings. The number of piperidine rings is 1. The number of carbonyl (C=O) groups is 1. The van der Waals surface area contributed by atoms with E-state index in [1.165, 1.54) is 19.5 Å². The van der Waals surface area contributed by atoms with E-state index < -0.39 is 0 Å². The second-order valence-corrected chi connectivity index (χ2v) is 5.65. The Bertz CT molecular complexity index is 275. The summed E-state index contributed by atoms with van der Waals surface area (Å²) in [5.41, 5.74) is 5.40. The van der Waals surface area contributed by atoms with E-state index >= 15 is 0 Å². The van der Waals surface area contributed by atoms with Crippen molar-refractivity contribution in [3.05, 3.63) is 0 Å². The summed E-state index contributed by atoms with van der Waals surface area (Å²) >= 11 is 0. The largest absolute Gasteiger partial charge is 0.355 e. The maximum absolute atomic E-state index is 11.9. The molecule has 3 unspecified atom stereocenters. The fourth-order valence-corrected chi connectivity index (χ4v) is 2.76. The van der Waals surface area contributed by atoms with E-state index in [2.05, 4.69) is 17.1 Å². The lowest BCUT2D eigenvalue weighted by Crippen LogP contribution is -2.44. The van der Waals surface area contributed by atoms with Crippen LogP contribution in [0, 0.1) is 17.8 Å². The van der Waals surface area contributed by atoms with Gasteiger partial charge in [0.15, 0.2) is 0 Å². The average molecular weight is 276 g/mol. The first-order valence-electron chi connectivity index (χ1n) is 6.91. The quantitative estimate of drug-likeness (QED) is 0.782. The molecule has 4 nitrogen and oxygen atoms in total. The van der Waals surface area contributed by atoms with Gasteiger partial charge in [-0.1, -0.05) is 6.92 Å². The molecule has 5 heteroatoms. The third-order valence-electron chi connectivity index (χ3n) is 4.09. The summed E-state index contributed by atoms with van der Waals surface area (Å²) < 4.78 is 0. The van der Waals surface area contributed by atoms with Crippen molar-refractivity contribution in [3.8, 4) is 0 Å². The Morgan fingerprint density at radius 3 is 2.83 bits per heavy atom. The molecular formula is C13H26ClN3O. The maximum atomic E-state index is 11.9. The highest BCUT2D eigenvalue weighted by Gasteiger charge is 2.35. The van der Waals surface area contributed by atoms with Gasteiger partial charge in [-0.15, -0.1) is 12.4 Å². The molecular weight excluding hydrogens is 250 g/mol. The van der Waals surface area contributed by atoms with Crippen molar-refractivity contribution >= 4 is 18.3 Å². The van der Waals surface area contributed by atoms with Crippen LogP contribution in [0.4, 0.5) is 0 Å². The number of halogens is 1. The number of amides is 1. The summed E-state index contributed by atoms with van der Waals surface area (Å²) in [6.07, 6.45) is 3.56. The first kappa shape index (κ1) is 15.7. The predicted octanol–water partition coefficient (Wildman–Crippen LogP) is 0.851. The van der Waals surface area contributed by atoms with Crippen LogP contribution in [0.5, 0.6) is 0 Å². The Labute approximate surface area is 116 Å². The zero-order valence-electron chi connectivity index (χ0n) is 11.2. The van der Waals surface area contributed by atoms with Crippen LogP contribution in [-0.2, 0) is 4.79 Å². The van der Waals surface area contributed by atoms with Gasteiger partial charge in [-0.2, -0.15) is 0 Å². The number of nitrogens with one attached hydrogen (secondary N) is 1. The summed E-state index contributed by atoms with van der Waals surface area (Å²) in [6.45, 7) is 6.77. The number of nitrogens with two attached hydrogens (primary N) is 1. The van der Waals surface area contributed by atoms with Crippen LogP contribution < -0.4 is 11.1 Å². The minimum Gasteiger partial charge on any atom is -0.355 e. The van der Waals surface area contributed by atoms with Crippen LogP contribution in [0.25, 0.3) is 0 Å². The summed E-state index contributed by atoms with van der Waals surface area (Å²) in [5, 5.41) is 2.91. The number of hydrogen-bond donors (Lipinski definition) is 2. The van der Waals surface area contributed by atoms with Crippen LogP contribution >= 0.6 is 12.4 Å². The van der Waals surface area contributed by atoms with Gasteiger partial charge in [-0.05, 0) is 37.6 Å². The standard InChI is InChI=1S/C13H25N3O.ClH/c1-10-7-12(10)9-16-6-2-3-11(8-16)13(17)15-5-4-14;/h10-12H,2-9,14H2,1H3,(H,15,17);1H. The molecule has 1 amide bonds. The van der Waals surface area contributed by atoms with Crippen molar-refractivity contribution in [2.75, 3.05) is 32.7 Å². The van der Waals surface area contributed by atoms with Crippen molar-refractivity contribution in [2.24, 2.45) is 23.5 Å². The number of hydrogen-bond acceptors (Lipinski definition) is 3. The van der Waals surface area contributed by atoms with Crippen molar-refractivity contribution in [1.82, 2.24) is 10.2 Å². The molecule has 0 spiro atoms. The fourth-order valence-electron chi connectivity index (χ4n) is 2.76. The molecule has 2 rings (SSSR count). The van der Waals surface area contributed by atoms with Gasteiger partial charge in [-0.25, -0.2) is 0 Å². The highest BCUT2D eigenvalue weighted by Crippen LogP contribution is 2.38. The zero-order chi connectivity index (χ0) is 12.3. The molecule has 0 radical (unpaired) electrons. The molecule has 1 aliphatic heterocycles. The molecule has 0 aromatic rings. The topological polar surface area (TPSA) is 58.4 Å². The maximum Gasteiger partial charge on any atom is 0.224 e. The average Bonchev–Trinajstić information content (AvgIpc) is 3.02. The van der Waals surface area contributed by atoms with Crippen molar-refractivity contribution in [1.29, 1.82) is 0 Å². The number of rotatable bonds is 5. The Hall–Kier alpha value is -0.320. The lowest BCUT2D eigenvalue weighted by Gasteiger charge is -2.32. The van der Waals surface area contributed by atoms with Gasteiger partial charge >= 0.3 is 0 Å². The molecule has 0 bridgehead atoms. The number of carbonyl (C=O) groups excluding carboxylic acids is 1. The lowest BCUT2D eigenvalue weighted by atomic mass is 9.97. The fraction of sp³-hybridized carbons (Fsp3) is 0.923. The molecule has 1 heterocycles. The number of nitrogens with zero attached hydrogens (tertiary/aromatic N) is 1. The second kappa shape index (κ2) is 7.31. The van der Waals surface area contributed by atoms with Crippen LogP contribution in [0.1, 0.15) is 26.2 Å². The Balaban J connectivity index is 0.00000162. The third-order valence-corrected chi connectivity index (χ3v) is 4.09. The van der Waals surface area contributed by atoms with E-state index in [4.69, 9.17) is 5.73 Å². The molecule has 1 saturated heterocycles. The summed E-state index contributed by atoms with van der Waals surface area (Å²) in [4.78, 5) is 14.4. The van der Waals surface area contributed by atoms with Crippen LogP contribution in [0.3, 0.4) is 0 Å². The molecule has 1 saturated carbocycles. The highest BCUT2D eigenvalue weighted by molar-refractivity contribution is 5.85. The van der Waals surface area contributed by atoms with Gasteiger partial charge in [0.2, 0.25) is 5.91 Å². The third kappa shape index (κ3) is 4.41. The molecule has 0 aromatic heterocycles.